The Bertz CT molecular complexity index is 353. The van der Waals surface area contributed by atoms with Crippen molar-refractivity contribution in [3.05, 3.63) is 24.2 Å². The lowest BCUT2D eigenvalue weighted by Gasteiger charge is -1.98. The molecular weight excluding hydrogens is 216 g/mol. The normalized spacial score (nSPS) is 11.8. The lowest BCUT2D eigenvalue weighted by molar-refractivity contribution is 0.479. The van der Waals surface area contributed by atoms with Crippen LogP contribution in [0, 0.1) is 0 Å². The van der Waals surface area contributed by atoms with Crippen LogP contribution >= 0.6 is 0 Å². The maximum absolute atomic E-state index is 10.4. The maximum Gasteiger partial charge on any atom is 0.264 e. The van der Waals surface area contributed by atoms with Crippen molar-refractivity contribution in [2.75, 3.05) is 5.75 Å². The van der Waals surface area contributed by atoms with Crippen molar-refractivity contribution in [1.82, 2.24) is 0 Å². The van der Waals surface area contributed by atoms with Crippen LogP contribution in [0.4, 0.5) is 0 Å². The Morgan fingerprint density at radius 1 is 1.20 bits per heavy atom. The minimum atomic E-state index is -3.77. The molecule has 1 aromatic heterocycles. The van der Waals surface area contributed by atoms with Gasteiger partial charge in [0, 0.05) is 0 Å². The van der Waals surface area contributed by atoms with Gasteiger partial charge in [-0.25, -0.2) is 0 Å². The van der Waals surface area contributed by atoms with E-state index in [9.17, 15) is 8.42 Å². The molecular formula is C10H16O4S. The summed E-state index contributed by atoms with van der Waals surface area (Å²) in [5, 5.41) is 0. The molecule has 0 fully saturated rings. The smallest absolute Gasteiger partial charge is 0.264 e. The van der Waals surface area contributed by atoms with E-state index in [0.717, 1.165) is 25.7 Å². The monoisotopic (exact) mass is 232 g/mol. The van der Waals surface area contributed by atoms with Gasteiger partial charge in [-0.3, -0.25) is 4.55 Å². The molecule has 0 amide bonds. The third-order valence-electron chi connectivity index (χ3n) is 2.20. The number of hydrogen-bond acceptors (Lipinski definition) is 3. The summed E-state index contributed by atoms with van der Waals surface area (Å²) in [5.74, 6) is -0.126. The van der Waals surface area contributed by atoms with E-state index in [2.05, 4.69) is 0 Å². The van der Waals surface area contributed by atoms with Crippen LogP contribution in [0.5, 0.6) is 0 Å². The predicted octanol–water partition coefficient (Wildman–Crippen LogP) is 2.27. The zero-order valence-electron chi connectivity index (χ0n) is 8.55. The number of hydrogen-bond donors (Lipinski definition) is 1. The third-order valence-corrected chi connectivity index (χ3v) is 3.00. The van der Waals surface area contributed by atoms with Crippen LogP contribution in [-0.2, 0) is 16.5 Å². The molecule has 4 nitrogen and oxygen atoms in total. The highest BCUT2D eigenvalue weighted by Gasteiger charge is 2.03. The van der Waals surface area contributed by atoms with Crippen molar-refractivity contribution in [3.8, 4) is 0 Å². The van der Waals surface area contributed by atoms with Gasteiger partial charge in [-0.05, 0) is 30.9 Å². The fraction of sp³-hybridized carbons (Fsp3) is 0.600. The molecule has 0 saturated carbocycles. The largest absolute Gasteiger partial charge is 0.472 e. The zero-order valence-corrected chi connectivity index (χ0v) is 9.37. The van der Waals surface area contributed by atoms with Crippen molar-refractivity contribution in [3.63, 3.8) is 0 Å². The molecule has 0 saturated heterocycles. The van der Waals surface area contributed by atoms with Gasteiger partial charge in [0.1, 0.15) is 0 Å². The maximum atomic E-state index is 10.4. The molecule has 0 spiro atoms. The van der Waals surface area contributed by atoms with Crippen molar-refractivity contribution >= 4 is 10.1 Å². The molecule has 0 unspecified atom stereocenters. The highest BCUT2D eigenvalue weighted by molar-refractivity contribution is 7.85. The zero-order chi connectivity index (χ0) is 11.1. The first-order valence-electron chi connectivity index (χ1n) is 5.04. The Morgan fingerprint density at radius 3 is 2.53 bits per heavy atom. The Balaban J connectivity index is 1.99. The second kappa shape index (κ2) is 5.92. The van der Waals surface area contributed by atoms with Crippen molar-refractivity contribution < 1.29 is 17.4 Å². The summed E-state index contributed by atoms with van der Waals surface area (Å²) in [7, 11) is -3.77. The van der Waals surface area contributed by atoms with Gasteiger partial charge in [-0.15, -0.1) is 0 Å². The topological polar surface area (TPSA) is 67.5 Å². The van der Waals surface area contributed by atoms with Crippen LogP contribution in [0.2, 0.25) is 0 Å². The third kappa shape index (κ3) is 6.30. The van der Waals surface area contributed by atoms with Crippen molar-refractivity contribution in [2.45, 2.75) is 32.1 Å². The van der Waals surface area contributed by atoms with Crippen LogP contribution in [0.15, 0.2) is 23.0 Å². The summed E-state index contributed by atoms with van der Waals surface area (Å²) in [6, 6.07) is 1.93. The Labute approximate surface area is 90.0 Å². The van der Waals surface area contributed by atoms with Gasteiger partial charge in [0.15, 0.2) is 0 Å². The van der Waals surface area contributed by atoms with Crippen LogP contribution in [-0.4, -0.2) is 18.7 Å². The highest BCUT2D eigenvalue weighted by atomic mass is 32.2. The number of aryl methyl sites for hydroxylation is 1. The molecule has 0 aliphatic carbocycles. The molecule has 1 heterocycles. The van der Waals surface area contributed by atoms with Gasteiger partial charge < -0.3 is 4.42 Å². The van der Waals surface area contributed by atoms with Crippen LogP contribution in [0.3, 0.4) is 0 Å². The van der Waals surface area contributed by atoms with Gasteiger partial charge in [-0.2, -0.15) is 8.42 Å². The predicted molar refractivity (Wildman–Crippen MR) is 57.3 cm³/mol. The van der Waals surface area contributed by atoms with E-state index in [1.807, 2.05) is 6.07 Å². The van der Waals surface area contributed by atoms with Gasteiger partial charge in [0.05, 0.1) is 18.3 Å². The standard InChI is InChI=1S/C10H16O4S/c11-15(12,13)8-4-2-1-3-5-10-6-7-14-9-10/h6-7,9H,1-5,8H2,(H,11,12,13). The van der Waals surface area contributed by atoms with E-state index in [1.54, 1.807) is 12.5 Å². The molecule has 0 aliphatic heterocycles. The first kappa shape index (κ1) is 12.3. The van der Waals surface area contributed by atoms with Crippen molar-refractivity contribution in [1.29, 1.82) is 0 Å². The lowest BCUT2D eigenvalue weighted by atomic mass is 10.1. The fourth-order valence-electron chi connectivity index (χ4n) is 1.40. The molecule has 1 N–H and O–H groups in total. The van der Waals surface area contributed by atoms with Gasteiger partial charge in [-0.1, -0.05) is 12.8 Å². The molecule has 1 aromatic rings. The SMILES string of the molecule is O=S(=O)(O)CCCCCCc1ccoc1. The molecule has 86 valence electrons. The van der Waals surface area contributed by atoms with Gasteiger partial charge in [0.25, 0.3) is 10.1 Å². The van der Waals surface area contributed by atoms with Gasteiger partial charge in [0.2, 0.25) is 0 Å². The first-order valence-corrected chi connectivity index (χ1v) is 6.65. The molecule has 5 heteroatoms. The molecule has 0 aliphatic rings. The first-order chi connectivity index (χ1) is 7.08. The quantitative estimate of drug-likeness (QED) is 0.578. The Kier molecular flexibility index (Phi) is 4.84. The van der Waals surface area contributed by atoms with Crippen LogP contribution in [0.1, 0.15) is 31.2 Å². The second-order valence-electron chi connectivity index (χ2n) is 3.58. The van der Waals surface area contributed by atoms with Crippen LogP contribution in [0.25, 0.3) is 0 Å². The Morgan fingerprint density at radius 2 is 1.93 bits per heavy atom. The summed E-state index contributed by atoms with van der Waals surface area (Å²) in [4.78, 5) is 0. The second-order valence-corrected chi connectivity index (χ2v) is 5.15. The number of unbranched alkanes of at least 4 members (excludes halogenated alkanes) is 3. The van der Waals surface area contributed by atoms with E-state index in [1.165, 1.54) is 5.56 Å². The average molecular weight is 232 g/mol. The number of rotatable bonds is 7. The fourth-order valence-corrected chi connectivity index (χ4v) is 1.97. The minimum Gasteiger partial charge on any atom is -0.472 e. The summed E-state index contributed by atoms with van der Waals surface area (Å²) >= 11 is 0. The van der Waals surface area contributed by atoms with E-state index in [0.29, 0.717) is 6.42 Å². The summed E-state index contributed by atoms with van der Waals surface area (Å²) in [6.45, 7) is 0. The van der Waals surface area contributed by atoms with Gasteiger partial charge >= 0.3 is 0 Å². The molecule has 1 rings (SSSR count). The summed E-state index contributed by atoms with van der Waals surface area (Å²) < 4.78 is 34.2. The minimum absolute atomic E-state index is 0.126. The van der Waals surface area contributed by atoms with E-state index < -0.39 is 10.1 Å². The molecule has 0 radical (unpaired) electrons. The van der Waals surface area contributed by atoms with Crippen molar-refractivity contribution in [2.24, 2.45) is 0 Å². The lowest BCUT2D eigenvalue weighted by Crippen LogP contribution is -2.03. The highest BCUT2D eigenvalue weighted by Crippen LogP contribution is 2.08. The molecule has 15 heavy (non-hydrogen) atoms. The Hall–Kier alpha value is -0.810. The molecule has 0 bridgehead atoms. The summed E-state index contributed by atoms with van der Waals surface area (Å²) in [6.07, 6.45) is 7.68. The van der Waals surface area contributed by atoms with Crippen LogP contribution < -0.4 is 0 Å². The van der Waals surface area contributed by atoms with E-state index >= 15 is 0 Å². The average Bonchev–Trinajstić information content (AvgIpc) is 2.61. The molecule has 0 atom stereocenters. The van der Waals surface area contributed by atoms with E-state index in [-0.39, 0.29) is 5.75 Å². The molecule has 0 aromatic carbocycles. The summed E-state index contributed by atoms with van der Waals surface area (Å²) in [5.41, 5.74) is 1.17. The number of furan rings is 1. The van der Waals surface area contributed by atoms with E-state index in [4.69, 9.17) is 8.97 Å².